The van der Waals surface area contributed by atoms with E-state index in [-0.39, 0.29) is 11.8 Å². The molecule has 3 aromatic rings. The second-order valence-electron chi connectivity index (χ2n) is 8.65. The topological polar surface area (TPSA) is 49.7 Å². The number of halogens is 2. The van der Waals surface area contributed by atoms with Crippen molar-refractivity contribution < 1.29 is 9.59 Å². The Morgan fingerprint density at radius 1 is 0.912 bits per heavy atom. The van der Waals surface area contributed by atoms with Crippen LogP contribution in [0.3, 0.4) is 0 Å². The van der Waals surface area contributed by atoms with Gasteiger partial charge in [-0.2, -0.15) is 10.1 Å². The van der Waals surface area contributed by atoms with Crippen LogP contribution in [-0.2, 0) is 9.59 Å². The van der Waals surface area contributed by atoms with Crippen LogP contribution in [0.15, 0.2) is 95.6 Å². The number of nitrogens with zero attached hydrogens (tertiary/aromatic N) is 2. The molecule has 0 bridgehead atoms. The number of hydrazone groups is 1. The molecule has 3 aromatic carbocycles. The molecule has 1 heterocycles. The standard InChI is InChI=1S/C28H22Cl2N2O2/c1-18-28(27(34)32(31-18)24-5-3-2-4-6-24)25(19-7-12-22(29)13-8-19)16-11-21(17-33)26(28)20-9-14-23(30)15-10-20/h2-15,17,25-26H,16H2,1H3/t25-,26+,28+/m0/s1. The van der Waals surface area contributed by atoms with Gasteiger partial charge in [0.05, 0.1) is 11.4 Å². The Labute approximate surface area is 208 Å². The maximum Gasteiger partial charge on any atom is 0.260 e. The van der Waals surface area contributed by atoms with E-state index in [2.05, 4.69) is 0 Å². The number of aldehydes is 1. The average Bonchev–Trinajstić information content (AvgIpc) is 3.11. The first-order valence-corrected chi connectivity index (χ1v) is 11.8. The molecule has 3 atom stereocenters. The normalized spacial score (nSPS) is 24.2. The Kier molecular flexibility index (Phi) is 5.88. The summed E-state index contributed by atoms with van der Waals surface area (Å²) in [4.78, 5) is 26.8. The molecule has 6 heteroatoms. The smallest absolute Gasteiger partial charge is 0.260 e. The van der Waals surface area contributed by atoms with Crippen LogP contribution in [0, 0.1) is 5.41 Å². The van der Waals surface area contributed by atoms with E-state index in [1.165, 1.54) is 5.01 Å². The van der Waals surface area contributed by atoms with Gasteiger partial charge in [0.2, 0.25) is 0 Å². The molecule has 1 spiro atoms. The van der Waals surface area contributed by atoms with E-state index in [0.29, 0.717) is 33.4 Å². The highest BCUT2D eigenvalue weighted by atomic mass is 35.5. The quantitative estimate of drug-likeness (QED) is 0.379. The largest absolute Gasteiger partial charge is 0.298 e. The fraction of sp³-hybridized carbons (Fsp3) is 0.179. The fourth-order valence-corrected chi connectivity index (χ4v) is 5.68. The lowest BCUT2D eigenvalue weighted by Gasteiger charge is -2.45. The van der Waals surface area contributed by atoms with Crippen molar-refractivity contribution in [2.24, 2.45) is 10.5 Å². The Hall–Kier alpha value is -3.21. The van der Waals surface area contributed by atoms with Crippen molar-refractivity contribution in [1.82, 2.24) is 0 Å². The third-order valence-electron chi connectivity index (χ3n) is 6.94. The summed E-state index contributed by atoms with van der Waals surface area (Å²) < 4.78 is 0. The number of benzene rings is 3. The first kappa shape index (κ1) is 22.6. The van der Waals surface area contributed by atoms with Crippen molar-refractivity contribution in [3.63, 3.8) is 0 Å². The van der Waals surface area contributed by atoms with E-state index >= 15 is 0 Å². The second-order valence-corrected chi connectivity index (χ2v) is 9.53. The van der Waals surface area contributed by atoms with Gasteiger partial charge in [0, 0.05) is 21.9 Å². The molecular weight excluding hydrogens is 467 g/mol. The molecule has 0 saturated heterocycles. The van der Waals surface area contributed by atoms with E-state index in [1.54, 1.807) is 12.1 Å². The van der Waals surface area contributed by atoms with Gasteiger partial charge in [-0.15, -0.1) is 0 Å². The van der Waals surface area contributed by atoms with Gasteiger partial charge >= 0.3 is 0 Å². The van der Waals surface area contributed by atoms with Gasteiger partial charge < -0.3 is 0 Å². The number of carbonyl (C=O) groups excluding carboxylic acids is 2. The van der Waals surface area contributed by atoms with Gasteiger partial charge in [-0.05, 0) is 66.4 Å². The molecule has 0 N–H and O–H groups in total. The zero-order valence-corrected chi connectivity index (χ0v) is 20.0. The molecule has 0 fully saturated rings. The van der Waals surface area contributed by atoms with Gasteiger partial charge in [0.25, 0.3) is 5.91 Å². The zero-order chi connectivity index (χ0) is 23.9. The fourth-order valence-electron chi connectivity index (χ4n) is 5.43. The summed E-state index contributed by atoms with van der Waals surface area (Å²) in [6.45, 7) is 1.89. The minimum atomic E-state index is -1.08. The van der Waals surface area contributed by atoms with Crippen molar-refractivity contribution in [1.29, 1.82) is 0 Å². The van der Waals surface area contributed by atoms with Gasteiger partial charge in [-0.1, -0.05) is 71.7 Å². The minimum absolute atomic E-state index is 0.149. The molecule has 4 nitrogen and oxygen atoms in total. The Morgan fingerprint density at radius 3 is 2.09 bits per heavy atom. The molecule has 1 aliphatic heterocycles. The van der Waals surface area contributed by atoms with Crippen LogP contribution in [0.1, 0.15) is 36.3 Å². The van der Waals surface area contributed by atoms with E-state index in [1.807, 2.05) is 79.7 Å². The van der Waals surface area contributed by atoms with Crippen molar-refractivity contribution in [2.75, 3.05) is 5.01 Å². The van der Waals surface area contributed by atoms with Crippen LogP contribution in [0.5, 0.6) is 0 Å². The van der Waals surface area contributed by atoms with Crippen LogP contribution in [-0.4, -0.2) is 17.9 Å². The number of para-hydroxylation sites is 1. The summed E-state index contributed by atoms with van der Waals surface area (Å²) >= 11 is 12.4. The molecular formula is C28H22Cl2N2O2. The highest BCUT2D eigenvalue weighted by Gasteiger charge is 2.61. The molecule has 0 unspecified atom stereocenters. The molecule has 1 amide bonds. The number of anilines is 1. The first-order valence-electron chi connectivity index (χ1n) is 11.1. The zero-order valence-electron chi connectivity index (χ0n) is 18.5. The number of rotatable bonds is 4. The second kappa shape index (κ2) is 8.86. The first-order chi connectivity index (χ1) is 16.5. The van der Waals surface area contributed by atoms with E-state index < -0.39 is 11.3 Å². The summed E-state index contributed by atoms with van der Waals surface area (Å²) in [5.74, 6) is -0.899. The summed E-state index contributed by atoms with van der Waals surface area (Å²) in [6, 6.07) is 24.3. The number of hydrogen-bond acceptors (Lipinski definition) is 3. The van der Waals surface area contributed by atoms with Gasteiger partial charge in [0.15, 0.2) is 0 Å². The Morgan fingerprint density at radius 2 is 1.50 bits per heavy atom. The third-order valence-corrected chi connectivity index (χ3v) is 7.44. The van der Waals surface area contributed by atoms with E-state index in [4.69, 9.17) is 28.3 Å². The lowest BCUT2D eigenvalue weighted by molar-refractivity contribution is -0.125. The lowest BCUT2D eigenvalue weighted by Crippen LogP contribution is -2.50. The SMILES string of the molecule is CC1=NN(c2ccccc2)C(=O)[C@@]12[C@H](c1ccc(Cl)cc1)CC=C(C=O)[C@H]2c1ccc(Cl)cc1. The van der Waals surface area contributed by atoms with E-state index in [0.717, 1.165) is 17.4 Å². The molecule has 2 aliphatic rings. The van der Waals surface area contributed by atoms with Crippen LogP contribution in [0.2, 0.25) is 10.0 Å². The number of hydrogen-bond donors (Lipinski definition) is 0. The molecule has 0 aromatic heterocycles. The van der Waals surface area contributed by atoms with Crippen LogP contribution in [0.4, 0.5) is 5.69 Å². The van der Waals surface area contributed by atoms with E-state index in [9.17, 15) is 9.59 Å². The highest BCUT2D eigenvalue weighted by molar-refractivity contribution is 6.31. The van der Waals surface area contributed by atoms with Gasteiger partial charge in [-0.25, -0.2) is 0 Å². The van der Waals surface area contributed by atoms with Crippen LogP contribution >= 0.6 is 23.2 Å². The van der Waals surface area contributed by atoms with Gasteiger partial charge in [0.1, 0.15) is 11.7 Å². The molecule has 1 aliphatic carbocycles. The summed E-state index contributed by atoms with van der Waals surface area (Å²) in [7, 11) is 0. The van der Waals surface area contributed by atoms with Crippen molar-refractivity contribution in [3.8, 4) is 0 Å². The summed E-state index contributed by atoms with van der Waals surface area (Å²) in [6.07, 6.45) is 3.34. The molecule has 5 rings (SSSR count). The number of amides is 1. The monoisotopic (exact) mass is 488 g/mol. The number of allylic oxidation sites excluding steroid dienone is 2. The van der Waals surface area contributed by atoms with Crippen molar-refractivity contribution in [3.05, 3.63) is 112 Å². The highest BCUT2D eigenvalue weighted by Crippen LogP contribution is 2.59. The van der Waals surface area contributed by atoms with Crippen LogP contribution in [0.25, 0.3) is 0 Å². The Bertz CT molecular complexity index is 1300. The summed E-state index contributed by atoms with van der Waals surface area (Å²) in [5, 5.41) is 7.48. The predicted molar refractivity (Wildman–Crippen MR) is 137 cm³/mol. The summed E-state index contributed by atoms with van der Waals surface area (Å²) in [5.41, 5.74) is 2.68. The Balaban J connectivity index is 1.76. The van der Waals surface area contributed by atoms with Crippen molar-refractivity contribution in [2.45, 2.75) is 25.2 Å². The molecule has 0 radical (unpaired) electrons. The van der Waals surface area contributed by atoms with Gasteiger partial charge in [-0.3, -0.25) is 9.59 Å². The molecule has 34 heavy (non-hydrogen) atoms. The molecule has 170 valence electrons. The van der Waals surface area contributed by atoms with Crippen molar-refractivity contribution >= 4 is 46.8 Å². The maximum atomic E-state index is 14.5. The minimum Gasteiger partial charge on any atom is -0.298 e. The maximum absolute atomic E-state index is 14.5. The number of carbonyl (C=O) groups is 2. The molecule has 0 saturated carbocycles. The third kappa shape index (κ3) is 3.49. The predicted octanol–water partition coefficient (Wildman–Crippen LogP) is 6.80. The van der Waals surface area contributed by atoms with Crippen LogP contribution < -0.4 is 5.01 Å². The average molecular weight is 489 g/mol. The lowest BCUT2D eigenvalue weighted by atomic mass is 9.54.